The van der Waals surface area contributed by atoms with E-state index in [9.17, 15) is 0 Å². The number of hydrogen-bond acceptors (Lipinski definition) is 0. The first-order valence-corrected chi connectivity index (χ1v) is 6.98. The Morgan fingerprint density at radius 1 is 1.00 bits per heavy atom. The van der Waals surface area contributed by atoms with Crippen LogP contribution in [0.5, 0.6) is 0 Å². The van der Waals surface area contributed by atoms with Crippen LogP contribution in [0.1, 0.15) is 71.6 Å². The molecule has 0 spiro atoms. The lowest BCUT2D eigenvalue weighted by Gasteiger charge is -2.15. The topological polar surface area (TPSA) is 0 Å². The zero-order chi connectivity index (χ0) is 10.9. The van der Waals surface area contributed by atoms with E-state index in [2.05, 4.69) is 26.0 Å². The van der Waals surface area contributed by atoms with Crippen molar-refractivity contribution in [2.75, 3.05) is 0 Å². The number of allylic oxidation sites excluding steroid dienone is 2. The minimum Gasteiger partial charge on any atom is -0.0885 e. The molecule has 0 N–H and O–H groups in total. The molecule has 0 heteroatoms. The van der Waals surface area contributed by atoms with Crippen molar-refractivity contribution in [3.8, 4) is 0 Å². The normalized spacial score (nSPS) is 26.9. The molecule has 0 nitrogen and oxygen atoms in total. The van der Waals surface area contributed by atoms with Crippen molar-refractivity contribution in [1.82, 2.24) is 0 Å². The SMILES string of the molecule is CC1CCCCC1.CCC1CC=CCC1. The molecule has 0 aromatic heterocycles. The molecule has 1 atom stereocenters. The highest BCUT2D eigenvalue weighted by Crippen LogP contribution is 2.22. The van der Waals surface area contributed by atoms with E-state index in [-0.39, 0.29) is 0 Å². The molecule has 2 aliphatic rings. The smallest absolute Gasteiger partial charge is 0.0322 e. The van der Waals surface area contributed by atoms with Gasteiger partial charge in [0.15, 0.2) is 0 Å². The van der Waals surface area contributed by atoms with Crippen LogP contribution in [0.2, 0.25) is 0 Å². The van der Waals surface area contributed by atoms with Crippen molar-refractivity contribution < 1.29 is 0 Å². The van der Waals surface area contributed by atoms with Gasteiger partial charge in [-0.25, -0.2) is 0 Å². The van der Waals surface area contributed by atoms with Crippen LogP contribution in [0, 0.1) is 11.8 Å². The lowest BCUT2D eigenvalue weighted by atomic mass is 9.91. The molecule has 1 fully saturated rings. The summed E-state index contributed by atoms with van der Waals surface area (Å²) in [6.45, 7) is 4.64. The van der Waals surface area contributed by atoms with Crippen molar-refractivity contribution in [1.29, 1.82) is 0 Å². The molecule has 0 saturated heterocycles. The Balaban J connectivity index is 0.000000151. The summed E-state index contributed by atoms with van der Waals surface area (Å²) in [4.78, 5) is 0. The summed E-state index contributed by atoms with van der Waals surface area (Å²) in [5, 5.41) is 0. The molecule has 0 aromatic carbocycles. The van der Waals surface area contributed by atoms with Crippen molar-refractivity contribution >= 4 is 0 Å². The highest BCUT2D eigenvalue weighted by molar-refractivity contribution is 4.89. The third-order valence-electron chi connectivity index (χ3n) is 3.85. The summed E-state index contributed by atoms with van der Waals surface area (Å²) in [5.41, 5.74) is 0. The van der Waals surface area contributed by atoms with Gasteiger partial charge in [0.05, 0.1) is 0 Å². The molecule has 0 radical (unpaired) electrons. The fourth-order valence-corrected chi connectivity index (χ4v) is 2.53. The summed E-state index contributed by atoms with van der Waals surface area (Å²) in [7, 11) is 0. The quantitative estimate of drug-likeness (QED) is 0.510. The summed E-state index contributed by atoms with van der Waals surface area (Å²) in [5.74, 6) is 2.04. The first-order chi connectivity index (χ1) is 7.33. The van der Waals surface area contributed by atoms with Crippen molar-refractivity contribution in [2.45, 2.75) is 71.6 Å². The third kappa shape index (κ3) is 6.02. The molecule has 2 rings (SSSR count). The largest absolute Gasteiger partial charge is 0.0885 e. The Morgan fingerprint density at radius 3 is 2.07 bits per heavy atom. The summed E-state index contributed by atoms with van der Waals surface area (Å²) in [6, 6.07) is 0. The van der Waals surface area contributed by atoms with Gasteiger partial charge in [0, 0.05) is 0 Å². The first-order valence-electron chi connectivity index (χ1n) is 6.98. The van der Waals surface area contributed by atoms with Gasteiger partial charge in [0.1, 0.15) is 0 Å². The fourth-order valence-electron chi connectivity index (χ4n) is 2.53. The van der Waals surface area contributed by atoms with Crippen LogP contribution in [-0.2, 0) is 0 Å². The molecule has 0 heterocycles. The van der Waals surface area contributed by atoms with Gasteiger partial charge in [-0.05, 0) is 31.1 Å². The van der Waals surface area contributed by atoms with Crippen LogP contribution in [-0.4, -0.2) is 0 Å². The average molecular weight is 208 g/mol. The van der Waals surface area contributed by atoms with Crippen LogP contribution >= 0.6 is 0 Å². The Bertz CT molecular complexity index is 163. The van der Waals surface area contributed by atoms with E-state index in [1.165, 1.54) is 57.8 Å². The average Bonchev–Trinajstić information content (AvgIpc) is 2.32. The maximum atomic E-state index is 2.36. The maximum absolute atomic E-state index is 2.36. The van der Waals surface area contributed by atoms with Gasteiger partial charge < -0.3 is 0 Å². The Kier molecular flexibility index (Phi) is 6.80. The Morgan fingerprint density at radius 2 is 1.73 bits per heavy atom. The summed E-state index contributed by atoms with van der Waals surface area (Å²) in [6.07, 6.45) is 17.5. The molecule has 15 heavy (non-hydrogen) atoms. The predicted molar refractivity (Wildman–Crippen MR) is 69.0 cm³/mol. The van der Waals surface area contributed by atoms with E-state index < -0.39 is 0 Å². The molecule has 2 aliphatic carbocycles. The van der Waals surface area contributed by atoms with E-state index in [0.717, 1.165) is 11.8 Å². The van der Waals surface area contributed by atoms with Gasteiger partial charge in [-0.15, -0.1) is 0 Å². The zero-order valence-electron chi connectivity index (χ0n) is 10.7. The Labute approximate surface area is 96.2 Å². The number of hydrogen-bond donors (Lipinski definition) is 0. The second kappa shape index (κ2) is 7.96. The van der Waals surface area contributed by atoms with Crippen LogP contribution < -0.4 is 0 Å². The second-order valence-corrected chi connectivity index (χ2v) is 5.30. The fraction of sp³-hybridized carbons (Fsp3) is 0.867. The lowest BCUT2D eigenvalue weighted by molar-refractivity contribution is 0.385. The van der Waals surface area contributed by atoms with Gasteiger partial charge in [-0.2, -0.15) is 0 Å². The highest BCUT2D eigenvalue weighted by Gasteiger charge is 2.06. The van der Waals surface area contributed by atoms with E-state index >= 15 is 0 Å². The molecule has 88 valence electrons. The second-order valence-electron chi connectivity index (χ2n) is 5.30. The third-order valence-corrected chi connectivity index (χ3v) is 3.85. The van der Waals surface area contributed by atoms with Crippen LogP contribution in [0.4, 0.5) is 0 Å². The van der Waals surface area contributed by atoms with Crippen LogP contribution in [0.3, 0.4) is 0 Å². The van der Waals surface area contributed by atoms with Crippen LogP contribution in [0.15, 0.2) is 12.2 Å². The van der Waals surface area contributed by atoms with Gasteiger partial charge in [0.25, 0.3) is 0 Å². The van der Waals surface area contributed by atoms with Crippen molar-refractivity contribution in [3.63, 3.8) is 0 Å². The molecular weight excluding hydrogens is 180 g/mol. The van der Waals surface area contributed by atoms with E-state index in [1.54, 1.807) is 0 Å². The minimum atomic E-state index is 1.000. The summed E-state index contributed by atoms with van der Waals surface area (Å²) < 4.78 is 0. The van der Waals surface area contributed by atoms with Gasteiger partial charge in [-0.3, -0.25) is 0 Å². The molecular formula is C15H28. The maximum Gasteiger partial charge on any atom is -0.0322 e. The van der Waals surface area contributed by atoms with Crippen LogP contribution in [0.25, 0.3) is 0 Å². The van der Waals surface area contributed by atoms with Crippen molar-refractivity contribution in [2.24, 2.45) is 11.8 Å². The zero-order valence-corrected chi connectivity index (χ0v) is 10.7. The van der Waals surface area contributed by atoms with Gasteiger partial charge in [0.2, 0.25) is 0 Å². The first kappa shape index (κ1) is 12.8. The Hall–Kier alpha value is -0.260. The molecule has 1 saturated carbocycles. The lowest BCUT2D eigenvalue weighted by Crippen LogP contribution is -1.99. The van der Waals surface area contributed by atoms with E-state index in [1.807, 2.05) is 0 Å². The molecule has 1 unspecified atom stereocenters. The van der Waals surface area contributed by atoms with Gasteiger partial charge in [-0.1, -0.05) is 64.5 Å². The minimum absolute atomic E-state index is 1.000. The predicted octanol–water partition coefficient (Wildman–Crippen LogP) is 5.34. The monoisotopic (exact) mass is 208 g/mol. The molecule has 0 aliphatic heterocycles. The standard InChI is InChI=1S/C8H14.C7H14/c1-2-8-6-4-3-5-7-8;1-7-5-3-2-4-6-7/h3-4,8H,2,5-7H2,1H3;7H,2-6H2,1H3. The van der Waals surface area contributed by atoms with Crippen molar-refractivity contribution in [3.05, 3.63) is 12.2 Å². The summed E-state index contributed by atoms with van der Waals surface area (Å²) >= 11 is 0. The molecule has 0 amide bonds. The molecule has 0 bridgehead atoms. The highest BCUT2D eigenvalue weighted by atomic mass is 14.1. The number of rotatable bonds is 1. The van der Waals surface area contributed by atoms with E-state index in [4.69, 9.17) is 0 Å². The van der Waals surface area contributed by atoms with E-state index in [0.29, 0.717) is 0 Å². The molecule has 0 aromatic rings. The van der Waals surface area contributed by atoms with Gasteiger partial charge >= 0.3 is 0 Å².